The van der Waals surface area contributed by atoms with Crippen LogP contribution in [0.4, 0.5) is 14.5 Å². The summed E-state index contributed by atoms with van der Waals surface area (Å²) in [7, 11) is 1.41. The average molecular weight is 201 g/mol. The van der Waals surface area contributed by atoms with Gasteiger partial charge in [0.05, 0.1) is 13.8 Å². The second kappa shape index (κ2) is 5.42. The summed E-state index contributed by atoms with van der Waals surface area (Å²) in [6.07, 6.45) is 0.444. The van der Waals surface area contributed by atoms with E-state index in [4.69, 9.17) is 4.74 Å². The minimum Gasteiger partial charge on any atom is -0.494 e. The van der Waals surface area contributed by atoms with E-state index in [1.165, 1.54) is 13.2 Å². The van der Waals surface area contributed by atoms with Gasteiger partial charge in [-0.2, -0.15) is 0 Å². The van der Waals surface area contributed by atoms with Gasteiger partial charge in [-0.1, -0.05) is 0 Å². The Morgan fingerprint density at radius 1 is 1.43 bits per heavy atom. The van der Waals surface area contributed by atoms with Crippen molar-refractivity contribution in [1.82, 2.24) is 0 Å². The number of alkyl halides is 1. The van der Waals surface area contributed by atoms with Crippen molar-refractivity contribution in [3.8, 4) is 5.75 Å². The van der Waals surface area contributed by atoms with Crippen LogP contribution in [0.5, 0.6) is 5.75 Å². The van der Waals surface area contributed by atoms with Crippen molar-refractivity contribution in [2.24, 2.45) is 0 Å². The Labute approximate surface area is 81.9 Å². The molecule has 1 aromatic rings. The number of methoxy groups -OCH3 is 1. The molecule has 2 nitrogen and oxygen atoms in total. The molecule has 78 valence electrons. The molecule has 0 spiro atoms. The van der Waals surface area contributed by atoms with Crippen molar-refractivity contribution in [1.29, 1.82) is 0 Å². The molecule has 0 aromatic heterocycles. The van der Waals surface area contributed by atoms with E-state index in [0.717, 1.165) is 5.69 Å². The molecule has 1 rings (SSSR count). The maximum Gasteiger partial charge on any atom is 0.165 e. The first-order chi connectivity index (χ1) is 6.77. The quantitative estimate of drug-likeness (QED) is 0.739. The highest BCUT2D eigenvalue weighted by atomic mass is 19.1. The normalized spacial score (nSPS) is 9.93. The fourth-order valence-electron chi connectivity index (χ4n) is 1.07. The molecular formula is C10H13F2NO. The Balaban J connectivity index is 2.60. The van der Waals surface area contributed by atoms with E-state index in [9.17, 15) is 8.78 Å². The van der Waals surface area contributed by atoms with E-state index < -0.39 is 5.82 Å². The summed E-state index contributed by atoms with van der Waals surface area (Å²) in [6, 6.07) is 4.46. The molecule has 0 unspecified atom stereocenters. The number of nitrogens with one attached hydrogen (secondary N) is 1. The zero-order valence-electron chi connectivity index (χ0n) is 8.02. The largest absolute Gasteiger partial charge is 0.494 e. The lowest BCUT2D eigenvalue weighted by Gasteiger charge is -2.07. The van der Waals surface area contributed by atoms with Crippen LogP contribution in [-0.4, -0.2) is 20.3 Å². The van der Waals surface area contributed by atoms with Gasteiger partial charge >= 0.3 is 0 Å². The summed E-state index contributed by atoms with van der Waals surface area (Å²) < 4.78 is 29.5. The van der Waals surface area contributed by atoms with Gasteiger partial charge < -0.3 is 10.1 Å². The Hall–Kier alpha value is -1.32. The summed E-state index contributed by atoms with van der Waals surface area (Å²) in [5.74, 6) is -0.209. The van der Waals surface area contributed by atoms with Gasteiger partial charge in [-0.05, 0) is 18.6 Å². The fourth-order valence-corrected chi connectivity index (χ4v) is 1.07. The van der Waals surface area contributed by atoms with E-state index in [2.05, 4.69) is 5.32 Å². The molecule has 0 saturated heterocycles. The molecule has 0 atom stereocenters. The van der Waals surface area contributed by atoms with Crippen molar-refractivity contribution in [3.63, 3.8) is 0 Å². The number of benzene rings is 1. The summed E-state index contributed by atoms with van der Waals surface area (Å²) in [5.41, 5.74) is 0.733. The molecule has 0 aliphatic heterocycles. The molecule has 0 bridgehead atoms. The highest BCUT2D eigenvalue weighted by molar-refractivity contribution is 5.48. The maximum atomic E-state index is 12.9. The summed E-state index contributed by atoms with van der Waals surface area (Å²) in [6.45, 7) is 0.177. The second-order valence-corrected chi connectivity index (χ2v) is 2.82. The van der Waals surface area contributed by atoms with Crippen LogP contribution >= 0.6 is 0 Å². The van der Waals surface area contributed by atoms with Gasteiger partial charge in [0.25, 0.3) is 0 Å². The molecule has 1 aromatic carbocycles. The number of rotatable bonds is 5. The molecule has 4 heteroatoms. The number of ether oxygens (including phenoxy) is 1. The van der Waals surface area contributed by atoms with E-state index in [0.29, 0.717) is 13.0 Å². The molecule has 1 N–H and O–H groups in total. The van der Waals surface area contributed by atoms with Gasteiger partial charge in [0.15, 0.2) is 11.6 Å². The smallest absolute Gasteiger partial charge is 0.165 e. The van der Waals surface area contributed by atoms with Crippen molar-refractivity contribution in [3.05, 3.63) is 24.0 Å². The summed E-state index contributed by atoms with van der Waals surface area (Å²) >= 11 is 0. The summed E-state index contributed by atoms with van der Waals surface area (Å²) in [5, 5.41) is 2.96. The van der Waals surface area contributed by atoms with Gasteiger partial charge in [-0.3, -0.25) is 4.39 Å². The first kappa shape index (κ1) is 10.8. The van der Waals surface area contributed by atoms with Crippen LogP contribution in [0.2, 0.25) is 0 Å². The molecule has 0 amide bonds. The lowest BCUT2D eigenvalue weighted by molar-refractivity contribution is 0.387. The first-order valence-corrected chi connectivity index (χ1v) is 4.41. The highest BCUT2D eigenvalue weighted by Crippen LogP contribution is 2.21. The van der Waals surface area contributed by atoms with Crippen LogP contribution in [0, 0.1) is 5.82 Å². The first-order valence-electron chi connectivity index (χ1n) is 4.41. The molecule has 0 aliphatic carbocycles. The Kier molecular flexibility index (Phi) is 4.16. The fraction of sp³-hybridized carbons (Fsp3) is 0.400. The molecule has 0 radical (unpaired) electrons. The van der Waals surface area contributed by atoms with Crippen molar-refractivity contribution < 1.29 is 13.5 Å². The minimum atomic E-state index is -0.399. The van der Waals surface area contributed by atoms with Gasteiger partial charge in [0.2, 0.25) is 0 Å². The van der Waals surface area contributed by atoms with Crippen molar-refractivity contribution in [2.75, 3.05) is 25.6 Å². The predicted octanol–water partition coefficient (Wildman–Crippen LogP) is 2.61. The number of anilines is 1. The van der Waals surface area contributed by atoms with Crippen LogP contribution < -0.4 is 10.1 Å². The van der Waals surface area contributed by atoms with Crippen LogP contribution in [-0.2, 0) is 0 Å². The second-order valence-electron chi connectivity index (χ2n) is 2.82. The molecule has 0 fully saturated rings. The van der Waals surface area contributed by atoms with E-state index in [-0.39, 0.29) is 12.4 Å². The van der Waals surface area contributed by atoms with Crippen LogP contribution in [0.25, 0.3) is 0 Å². The molecule has 0 heterocycles. The number of hydrogen-bond acceptors (Lipinski definition) is 2. The zero-order valence-corrected chi connectivity index (χ0v) is 8.02. The third kappa shape index (κ3) is 2.87. The predicted molar refractivity (Wildman–Crippen MR) is 52.0 cm³/mol. The van der Waals surface area contributed by atoms with Crippen LogP contribution in [0.1, 0.15) is 6.42 Å². The Bertz CT molecular complexity index is 291. The van der Waals surface area contributed by atoms with Crippen molar-refractivity contribution in [2.45, 2.75) is 6.42 Å². The average Bonchev–Trinajstić information content (AvgIpc) is 2.21. The van der Waals surface area contributed by atoms with Crippen molar-refractivity contribution >= 4 is 5.69 Å². The highest BCUT2D eigenvalue weighted by Gasteiger charge is 2.02. The monoisotopic (exact) mass is 201 g/mol. The van der Waals surface area contributed by atoms with Gasteiger partial charge in [0, 0.05) is 18.3 Å². The third-order valence-corrected chi connectivity index (χ3v) is 1.79. The minimum absolute atomic E-state index is 0.190. The topological polar surface area (TPSA) is 21.3 Å². The van der Waals surface area contributed by atoms with Gasteiger partial charge in [0.1, 0.15) is 0 Å². The van der Waals surface area contributed by atoms with E-state index in [1.54, 1.807) is 12.1 Å². The maximum absolute atomic E-state index is 12.9. The molecular weight excluding hydrogens is 188 g/mol. The third-order valence-electron chi connectivity index (χ3n) is 1.79. The zero-order chi connectivity index (χ0) is 10.4. The van der Waals surface area contributed by atoms with Crippen LogP contribution in [0.15, 0.2) is 18.2 Å². The molecule has 14 heavy (non-hydrogen) atoms. The van der Waals surface area contributed by atoms with E-state index >= 15 is 0 Å². The van der Waals surface area contributed by atoms with Gasteiger partial charge in [-0.15, -0.1) is 0 Å². The SMILES string of the molecule is COc1cc(NCCCF)ccc1F. The number of hydrogen-bond donors (Lipinski definition) is 1. The lowest BCUT2D eigenvalue weighted by atomic mass is 10.3. The van der Waals surface area contributed by atoms with Crippen LogP contribution in [0.3, 0.4) is 0 Å². The van der Waals surface area contributed by atoms with Gasteiger partial charge in [-0.25, -0.2) is 4.39 Å². The number of halogens is 2. The van der Waals surface area contributed by atoms with E-state index in [1.807, 2.05) is 0 Å². The Morgan fingerprint density at radius 3 is 2.86 bits per heavy atom. The summed E-state index contributed by atoms with van der Waals surface area (Å²) in [4.78, 5) is 0. The standard InChI is InChI=1S/C10H13F2NO/c1-14-10-7-8(3-4-9(10)12)13-6-2-5-11/h3-4,7,13H,2,5-6H2,1H3. The lowest BCUT2D eigenvalue weighted by Crippen LogP contribution is -2.02. The molecule has 0 saturated carbocycles. The molecule has 0 aliphatic rings. The Morgan fingerprint density at radius 2 is 2.21 bits per heavy atom.